The van der Waals surface area contributed by atoms with E-state index in [2.05, 4.69) is 35.3 Å². The summed E-state index contributed by atoms with van der Waals surface area (Å²) in [5, 5.41) is 9.46. The Morgan fingerprint density at radius 3 is 2.67 bits per heavy atom. The summed E-state index contributed by atoms with van der Waals surface area (Å²) in [6.07, 6.45) is 5.56. The fourth-order valence-corrected chi connectivity index (χ4v) is 5.20. The molecule has 5 heterocycles. The number of carbonyl (C=O) groups is 1. The number of pyridine rings is 1. The third-order valence-electron chi connectivity index (χ3n) is 7.70. The van der Waals surface area contributed by atoms with Crippen LogP contribution in [0, 0.1) is 0 Å². The van der Waals surface area contributed by atoms with Crippen LogP contribution in [0.3, 0.4) is 0 Å². The highest BCUT2D eigenvalue weighted by Gasteiger charge is 2.66. The molecule has 0 aromatic carbocycles. The van der Waals surface area contributed by atoms with E-state index in [0.717, 1.165) is 47.6 Å². The molecule has 11 nitrogen and oxygen atoms in total. The minimum absolute atomic E-state index is 0.0708. The molecule has 0 radical (unpaired) electrons. The van der Waals surface area contributed by atoms with E-state index < -0.39 is 17.6 Å². The number of nitrogens with two attached hydrogens (primary N) is 1. The number of nitrogen functional groups attached to an aromatic ring is 1. The molecular weight excluding hydrogens is 515 g/mol. The molecule has 2 aliphatic carbocycles. The van der Waals surface area contributed by atoms with Crippen LogP contribution in [-0.4, -0.2) is 41.3 Å². The Labute approximate surface area is 218 Å². The van der Waals surface area contributed by atoms with Gasteiger partial charge >= 0.3 is 12.2 Å². The van der Waals surface area contributed by atoms with Crippen molar-refractivity contribution in [2.45, 2.75) is 49.7 Å². The van der Waals surface area contributed by atoms with Crippen molar-refractivity contribution in [1.29, 1.82) is 0 Å². The van der Waals surface area contributed by atoms with Gasteiger partial charge in [0.15, 0.2) is 17.2 Å². The first kappa shape index (κ1) is 23.5. The average Bonchev–Trinajstić information content (AvgIpc) is 3.17. The molecule has 7 rings (SSSR count). The Kier molecular flexibility index (Phi) is 4.93. The first-order valence-electron chi connectivity index (χ1n) is 12.4. The zero-order chi connectivity index (χ0) is 26.9. The van der Waals surface area contributed by atoms with Gasteiger partial charge in [-0.1, -0.05) is 5.16 Å². The van der Waals surface area contributed by atoms with Gasteiger partial charge in [-0.2, -0.15) is 13.2 Å². The number of nitrogens with zero attached hydrogens (tertiary/aromatic N) is 6. The molecule has 200 valence electrons. The Morgan fingerprint density at radius 2 is 1.95 bits per heavy atom. The summed E-state index contributed by atoms with van der Waals surface area (Å²) in [7, 11) is 0. The zero-order valence-electron chi connectivity index (χ0n) is 20.4. The van der Waals surface area contributed by atoms with Gasteiger partial charge in [-0.25, -0.2) is 19.7 Å². The van der Waals surface area contributed by atoms with Crippen molar-refractivity contribution in [2.24, 2.45) is 0 Å². The maximum atomic E-state index is 13.4. The molecule has 2 aliphatic rings. The van der Waals surface area contributed by atoms with Crippen molar-refractivity contribution in [3.63, 3.8) is 0 Å². The van der Waals surface area contributed by atoms with Gasteiger partial charge in [0.25, 0.3) is 0 Å². The second kappa shape index (κ2) is 8.19. The predicted molar refractivity (Wildman–Crippen MR) is 135 cm³/mol. The van der Waals surface area contributed by atoms with Crippen molar-refractivity contribution in [2.75, 3.05) is 16.4 Å². The second-order valence-corrected chi connectivity index (χ2v) is 9.98. The first-order valence-corrected chi connectivity index (χ1v) is 12.4. The number of rotatable bonds is 5. The molecule has 2 fully saturated rings. The number of imidazole rings is 1. The summed E-state index contributed by atoms with van der Waals surface area (Å²) in [6.45, 7) is 0. The van der Waals surface area contributed by atoms with E-state index in [1.54, 1.807) is 18.5 Å². The molecule has 0 saturated heterocycles. The number of alkyl halides is 3. The predicted octanol–water partition coefficient (Wildman–Crippen LogP) is 5.28. The van der Waals surface area contributed by atoms with Gasteiger partial charge < -0.3 is 20.1 Å². The van der Waals surface area contributed by atoms with Crippen molar-refractivity contribution in [3.05, 3.63) is 48.9 Å². The van der Waals surface area contributed by atoms with Crippen LogP contribution >= 0.6 is 0 Å². The van der Waals surface area contributed by atoms with Crippen molar-refractivity contribution < 1.29 is 22.5 Å². The lowest BCUT2D eigenvalue weighted by atomic mass is 9.93. The van der Waals surface area contributed by atoms with Crippen LogP contribution in [0.2, 0.25) is 0 Å². The maximum Gasteiger partial charge on any atom is 0.401 e. The topological polar surface area (TPSA) is 141 Å². The van der Waals surface area contributed by atoms with Gasteiger partial charge in [-0.15, -0.1) is 0 Å². The largest absolute Gasteiger partial charge is 0.401 e. The second-order valence-electron chi connectivity index (χ2n) is 9.98. The minimum atomic E-state index is -4.44. The van der Waals surface area contributed by atoms with Crippen molar-refractivity contribution >= 4 is 40.0 Å². The zero-order valence-corrected chi connectivity index (χ0v) is 20.4. The highest BCUT2D eigenvalue weighted by molar-refractivity contribution is 6.03. The molecule has 5 aromatic rings. The Morgan fingerprint density at radius 1 is 1.13 bits per heavy atom. The third-order valence-corrected chi connectivity index (χ3v) is 7.70. The number of hydrogen-bond donors (Lipinski definition) is 3. The van der Waals surface area contributed by atoms with Crippen molar-refractivity contribution in [1.82, 2.24) is 29.1 Å². The fourth-order valence-electron chi connectivity index (χ4n) is 5.20. The molecule has 0 bridgehead atoms. The van der Waals surface area contributed by atoms with Gasteiger partial charge in [0.05, 0.1) is 16.8 Å². The van der Waals surface area contributed by atoms with Crippen LogP contribution in [0.4, 0.5) is 35.3 Å². The molecule has 14 heteroatoms. The SMILES string of the molecule is Nc1ncnc2c1c(-c1ccc(NC(=O)Nc3cc(C4(C(F)(F)F)CC4)on3)c3nccn13)cn2C1CCC1. The normalized spacial score (nSPS) is 16.9. The lowest BCUT2D eigenvalue weighted by Gasteiger charge is -2.27. The van der Waals surface area contributed by atoms with Crippen LogP contribution in [0.5, 0.6) is 0 Å². The van der Waals surface area contributed by atoms with E-state index in [1.807, 2.05) is 16.7 Å². The molecule has 0 atom stereocenters. The lowest BCUT2D eigenvalue weighted by Crippen LogP contribution is -2.28. The number of carbonyl (C=O) groups excluding carboxylic acids is 1. The Hall–Kier alpha value is -4.62. The smallest absolute Gasteiger partial charge is 0.383 e. The minimum Gasteiger partial charge on any atom is -0.383 e. The summed E-state index contributed by atoms with van der Waals surface area (Å²) >= 11 is 0. The molecule has 5 aromatic heterocycles. The first-order chi connectivity index (χ1) is 18.7. The van der Waals surface area contributed by atoms with E-state index in [9.17, 15) is 18.0 Å². The van der Waals surface area contributed by atoms with E-state index in [0.29, 0.717) is 23.2 Å². The summed E-state index contributed by atoms with van der Waals surface area (Å²) in [4.78, 5) is 25.8. The van der Waals surface area contributed by atoms with E-state index in [4.69, 9.17) is 10.3 Å². The number of hydrogen-bond acceptors (Lipinski definition) is 7. The van der Waals surface area contributed by atoms with Gasteiger partial charge in [0.1, 0.15) is 23.2 Å². The van der Waals surface area contributed by atoms with Gasteiger partial charge in [-0.05, 0) is 44.2 Å². The third kappa shape index (κ3) is 3.61. The molecule has 2 amide bonds. The van der Waals surface area contributed by atoms with Crippen LogP contribution in [0.1, 0.15) is 43.9 Å². The molecule has 2 saturated carbocycles. The summed E-state index contributed by atoms with van der Waals surface area (Å²) in [6, 6.07) is 4.27. The molecule has 4 N–H and O–H groups in total. The molecule has 39 heavy (non-hydrogen) atoms. The molecular formula is C25H22F3N9O2. The summed E-state index contributed by atoms with van der Waals surface area (Å²) in [5.74, 6) is -0.0590. The van der Waals surface area contributed by atoms with Crippen LogP contribution < -0.4 is 16.4 Å². The highest BCUT2D eigenvalue weighted by atomic mass is 19.4. The van der Waals surface area contributed by atoms with E-state index in [-0.39, 0.29) is 24.4 Å². The maximum absolute atomic E-state index is 13.4. The molecule has 0 unspecified atom stereocenters. The van der Waals surface area contributed by atoms with Crippen molar-refractivity contribution in [3.8, 4) is 11.3 Å². The summed E-state index contributed by atoms with van der Waals surface area (Å²) < 4.78 is 49.0. The lowest BCUT2D eigenvalue weighted by molar-refractivity contribution is -0.165. The van der Waals surface area contributed by atoms with E-state index >= 15 is 0 Å². The van der Waals surface area contributed by atoms with Crippen LogP contribution in [-0.2, 0) is 5.41 Å². The van der Waals surface area contributed by atoms with Gasteiger partial charge in [0, 0.05) is 36.3 Å². The van der Waals surface area contributed by atoms with Gasteiger partial charge in [-0.3, -0.25) is 9.72 Å². The fraction of sp³-hybridized carbons (Fsp3) is 0.320. The highest BCUT2D eigenvalue weighted by Crippen LogP contribution is 2.59. The number of anilines is 3. The number of amides is 2. The Balaban J connectivity index is 1.18. The van der Waals surface area contributed by atoms with Crippen LogP contribution in [0.15, 0.2) is 47.6 Å². The summed E-state index contributed by atoms with van der Waals surface area (Å²) in [5.41, 5.74) is 7.48. The van der Waals surface area contributed by atoms with Gasteiger partial charge in [0.2, 0.25) is 0 Å². The quantitative estimate of drug-likeness (QED) is 0.277. The monoisotopic (exact) mass is 537 g/mol. The standard InChI is InChI=1S/C25H22F3N9O2/c26-25(27,28)24(6-7-24)17-10-18(35-39-17)34-23(38)33-15-4-5-16(36-9-8-30-21(15)36)14-11-37(13-2-1-3-13)22-19(14)20(29)31-12-32-22/h4-5,8-13H,1-3,6-7H2,(H2,29,31,32)(H2,33,34,35,38). The molecule has 0 aliphatic heterocycles. The Bertz CT molecular complexity index is 1740. The number of urea groups is 1. The number of fused-ring (bicyclic) bond motifs is 2. The van der Waals surface area contributed by atoms with Crippen LogP contribution in [0.25, 0.3) is 27.9 Å². The molecule has 0 spiro atoms. The number of aromatic nitrogens is 6. The number of nitrogens with one attached hydrogen (secondary N) is 2. The van der Waals surface area contributed by atoms with E-state index in [1.165, 1.54) is 6.33 Å². The number of halogens is 3. The average molecular weight is 538 g/mol.